The van der Waals surface area contributed by atoms with Gasteiger partial charge in [-0.05, 0) is 67.9 Å². The summed E-state index contributed by atoms with van der Waals surface area (Å²) < 4.78 is 35.4. The smallest absolute Gasteiger partial charge is 0.250 e. The van der Waals surface area contributed by atoms with Gasteiger partial charge in [-0.15, -0.1) is 0 Å². The number of fused-ring (bicyclic) bond motifs is 1. The van der Waals surface area contributed by atoms with Crippen LogP contribution in [-0.4, -0.2) is 33.6 Å². The summed E-state index contributed by atoms with van der Waals surface area (Å²) in [5.41, 5.74) is 1.06. The Morgan fingerprint density at radius 2 is 1.75 bits per heavy atom. The second-order valence-corrected chi connectivity index (χ2v) is 16.6. The van der Waals surface area contributed by atoms with Crippen LogP contribution in [0.25, 0.3) is 0 Å². The van der Waals surface area contributed by atoms with E-state index in [9.17, 15) is 8.42 Å². The molecule has 0 saturated carbocycles. The predicted octanol–water partition coefficient (Wildman–Crippen LogP) is 5.32. The zero-order chi connectivity index (χ0) is 20.9. The monoisotopic (exact) mass is 421 g/mol. The highest BCUT2D eigenvalue weighted by atomic mass is 32.2. The largest absolute Gasteiger partial charge is 0.545 e. The minimum atomic E-state index is -3.55. The minimum absolute atomic E-state index is 0.0751. The zero-order valence-electron chi connectivity index (χ0n) is 18.3. The minimum Gasteiger partial charge on any atom is -0.545 e. The van der Waals surface area contributed by atoms with Crippen LogP contribution in [0.15, 0.2) is 41.0 Å². The fraction of sp³-hybridized carbons (Fsp3) is 0.636. The highest BCUT2D eigenvalue weighted by molar-refractivity contribution is 7.89. The first kappa shape index (κ1) is 21.6. The van der Waals surface area contributed by atoms with Gasteiger partial charge in [0.25, 0.3) is 0 Å². The van der Waals surface area contributed by atoms with Crippen molar-refractivity contribution < 1.29 is 12.8 Å². The predicted molar refractivity (Wildman–Crippen MR) is 117 cm³/mol. The van der Waals surface area contributed by atoms with Gasteiger partial charge in [-0.2, -0.15) is 4.31 Å². The van der Waals surface area contributed by atoms with Gasteiger partial charge in [-0.25, -0.2) is 8.42 Å². The van der Waals surface area contributed by atoms with Crippen molar-refractivity contribution in [3.63, 3.8) is 0 Å². The number of hydrogen-bond donors (Lipinski definition) is 0. The maximum Gasteiger partial charge on any atom is 0.250 e. The average molecular weight is 422 g/mol. The molecule has 1 fully saturated rings. The first-order valence-electron chi connectivity index (χ1n) is 10.3. The second kappa shape index (κ2) is 7.29. The van der Waals surface area contributed by atoms with Crippen molar-refractivity contribution in [2.75, 3.05) is 6.54 Å². The van der Waals surface area contributed by atoms with Gasteiger partial charge in [0.1, 0.15) is 0 Å². The molecule has 1 saturated heterocycles. The molecule has 0 aromatic heterocycles. The molecular formula is C22H35NO3SSi. The summed E-state index contributed by atoms with van der Waals surface area (Å²) >= 11 is 0. The number of benzene rings is 1. The van der Waals surface area contributed by atoms with Crippen LogP contribution in [0.4, 0.5) is 0 Å². The van der Waals surface area contributed by atoms with E-state index in [1.807, 2.05) is 19.1 Å². The highest BCUT2D eigenvalue weighted by Crippen LogP contribution is 2.46. The van der Waals surface area contributed by atoms with Crippen molar-refractivity contribution in [2.24, 2.45) is 11.8 Å². The maximum atomic E-state index is 13.5. The molecule has 1 aliphatic carbocycles. The van der Waals surface area contributed by atoms with Gasteiger partial charge in [0.15, 0.2) is 0 Å². The molecule has 1 aromatic rings. The Morgan fingerprint density at radius 3 is 2.32 bits per heavy atom. The summed E-state index contributed by atoms with van der Waals surface area (Å²) in [6.07, 6.45) is 4.14. The molecule has 3 rings (SSSR count). The molecule has 156 valence electrons. The lowest BCUT2D eigenvalue weighted by Crippen LogP contribution is -2.47. The second-order valence-electron chi connectivity index (χ2n) is 10.0. The van der Waals surface area contributed by atoms with Crippen LogP contribution < -0.4 is 0 Å². The number of nitrogens with zero attached hydrogens (tertiary/aromatic N) is 1. The quantitative estimate of drug-likeness (QED) is 0.618. The Hall–Kier alpha value is -1.11. The van der Waals surface area contributed by atoms with E-state index in [1.165, 1.54) is 0 Å². The maximum absolute atomic E-state index is 13.5. The molecule has 0 bridgehead atoms. The molecule has 0 unspecified atom stereocenters. The SMILES string of the molecule is Cc1ccc(S(=O)(=O)N2C[C@@H](C)[C@H]3CCC=C(O[Si](C)(C)C(C)(C)C)[C@H]32)cc1. The molecule has 0 spiro atoms. The summed E-state index contributed by atoms with van der Waals surface area (Å²) in [7, 11) is -5.59. The molecule has 6 heteroatoms. The van der Waals surface area contributed by atoms with Crippen LogP contribution in [0.5, 0.6) is 0 Å². The van der Waals surface area contributed by atoms with E-state index in [4.69, 9.17) is 4.43 Å². The fourth-order valence-electron chi connectivity index (χ4n) is 4.03. The number of hydrogen-bond acceptors (Lipinski definition) is 3. The van der Waals surface area contributed by atoms with Crippen molar-refractivity contribution in [1.29, 1.82) is 0 Å². The van der Waals surface area contributed by atoms with Crippen molar-refractivity contribution >= 4 is 18.3 Å². The highest BCUT2D eigenvalue weighted by Gasteiger charge is 2.50. The van der Waals surface area contributed by atoms with Gasteiger partial charge in [0.05, 0.1) is 16.7 Å². The van der Waals surface area contributed by atoms with Crippen molar-refractivity contribution in [3.05, 3.63) is 41.7 Å². The lowest BCUT2D eigenvalue weighted by molar-refractivity contribution is 0.237. The van der Waals surface area contributed by atoms with Gasteiger partial charge in [0, 0.05) is 6.54 Å². The summed E-state index contributed by atoms with van der Waals surface area (Å²) in [5.74, 6) is 1.55. The Kier molecular flexibility index (Phi) is 5.62. The van der Waals surface area contributed by atoms with Gasteiger partial charge in [0.2, 0.25) is 18.3 Å². The third-order valence-electron chi connectivity index (χ3n) is 6.86. The first-order valence-corrected chi connectivity index (χ1v) is 14.7. The molecular weight excluding hydrogens is 386 g/mol. The fourth-order valence-corrected chi connectivity index (χ4v) is 6.88. The van der Waals surface area contributed by atoms with Crippen LogP contribution in [0, 0.1) is 18.8 Å². The van der Waals surface area contributed by atoms with Crippen molar-refractivity contribution in [2.45, 2.75) is 76.5 Å². The molecule has 1 heterocycles. The summed E-state index contributed by atoms with van der Waals surface area (Å²) in [6, 6.07) is 7.01. The van der Waals surface area contributed by atoms with Gasteiger partial charge in [-0.1, -0.05) is 45.4 Å². The Bertz CT molecular complexity index is 853. The molecule has 2 aliphatic rings. The third kappa shape index (κ3) is 3.83. The van der Waals surface area contributed by atoms with Crippen molar-refractivity contribution in [3.8, 4) is 0 Å². The normalized spacial score (nSPS) is 26.7. The first-order chi connectivity index (χ1) is 12.8. The molecule has 4 nitrogen and oxygen atoms in total. The van der Waals surface area contributed by atoms with E-state index < -0.39 is 18.3 Å². The molecule has 0 amide bonds. The summed E-state index contributed by atoms with van der Waals surface area (Å²) in [6.45, 7) is 15.8. The molecule has 0 radical (unpaired) electrons. The van der Waals surface area contributed by atoms with Crippen LogP contribution in [0.2, 0.25) is 18.1 Å². The molecule has 1 aliphatic heterocycles. The molecule has 1 aromatic carbocycles. The summed E-state index contributed by atoms with van der Waals surface area (Å²) in [4.78, 5) is 0.378. The van der Waals surface area contributed by atoms with Gasteiger partial charge >= 0.3 is 0 Å². The van der Waals surface area contributed by atoms with E-state index >= 15 is 0 Å². The molecule has 3 atom stereocenters. The Balaban J connectivity index is 1.98. The molecule has 28 heavy (non-hydrogen) atoms. The zero-order valence-corrected chi connectivity index (χ0v) is 20.1. The number of sulfonamides is 1. The van der Waals surface area contributed by atoms with Crippen LogP contribution in [0.3, 0.4) is 0 Å². The van der Waals surface area contributed by atoms with Crippen LogP contribution >= 0.6 is 0 Å². The average Bonchev–Trinajstić information content (AvgIpc) is 2.93. The number of aryl methyl sites for hydroxylation is 1. The van der Waals surface area contributed by atoms with Gasteiger partial charge in [-0.3, -0.25) is 0 Å². The number of rotatable bonds is 4. The standard InChI is InChI=1S/C22H35NO3SSi/c1-16-11-13-18(14-12-16)27(24,25)23-15-17(2)19-9-8-10-20(21(19)23)26-28(6,7)22(3,4)5/h10-14,17,19,21H,8-9,15H2,1-7H3/t17-,19-,21+/m1/s1. The Morgan fingerprint density at radius 1 is 1.14 bits per heavy atom. The van der Waals surface area contributed by atoms with E-state index in [0.717, 1.165) is 24.2 Å². The van der Waals surface area contributed by atoms with Crippen molar-refractivity contribution in [1.82, 2.24) is 4.31 Å². The Labute approximate surface area is 172 Å². The summed E-state index contributed by atoms with van der Waals surface area (Å²) in [5, 5.41) is 0.0751. The third-order valence-corrected chi connectivity index (χ3v) is 13.1. The van der Waals surface area contributed by atoms with E-state index in [-0.39, 0.29) is 11.1 Å². The van der Waals surface area contributed by atoms with E-state index in [0.29, 0.717) is 23.3 Å². The molecule has 0 N–H and O–H groups in total. The topological polar surface area (TPSA) is 46.6 Å². The van der Waals surface area contributed by atoms with Crippen LogP contribution in [0.1, 0.15) is 46.1 Å². The lowest BCUT2D eigenvalue weighted by atomic mass is 9.83. The van der Waals surface area contributed by atoms with Crippen LogP contribution in [-0.2, 0) is 14.4 Å². The number of allylic oxidation sites excluding steroid dienone is 1. The van der Waals surface area contributed by atoms with Gasteiger partial charge < -0.3 is 4.43 Å². The lowest BCUT2D eigenvalue weighted by Gasteiger charge is -2.42. The van der Waals surface area contributed by atoms with E-state index in [2.05, 4.69) is 46.9 Å². The van der Waals surface area contributed by atoms with E-state index in [1.54, 1.807) is 16.4 Å².